The lowest BCUT2D eigenvalue weighted by atomic mass is 10.1. The fraction of sp³-hybridized carbons (Fsp3) is 0.462. The summed E-state index contributed by atoms with van der Waals surface area (Å²) < 4.78 is 5.08. The molecule has 0 radical (unpaired) electrons. The van der Waals surface area contributed by atoms with E-state index in [1.54, 1.807) is 7.11 Å². The van der Waals surface area contributed by atoms with Gasteiger partial charge in [-0.3, -0.25) is 4.79 Å². The van der Waals surface area contributed by atoms with E-state index in [-0.39, 0.29) is 11.9 Å². The molecule has 1 N–H and O–H groups in total. The summed E-state index contributed by atoms with van der Waals surface area (Å²) in [5, 5.41) is 3.28. The number of hydrogen-bond donors (Lipinski definition) is 1. The van der Waals surface area contributed by atoms with Gasteiger partial charge in [-0.05, 0) is 31.2 Å². The van der Waals surface area contributed by atoms with Gasteiger partial charge in [-0.1, -0.05) is 0 Å². The van der Waals surface area contributed by atoms with Crippen LogP contribution in [0.15, 0.2) is 24.3 Å². The molecule has 1 saturated heterocycles. The molecule has 1 aliphatic rings. The Morgan fingerprint density at radius 1 is 1.41 bits per heavy atom. The summed E-state index contributed by atoms with van der Waals surface area (Å²) >= 11 is 0. The van der Waals surface area contributed by atoms with Crippen molar-refractivity contribution in [2.45, 2.75) is 13.0 Å². The number of benzene rings is 1. The van der Waals surface area contributed by atoms with Gasteiger partial charge >= 0.3 is 0 Å². The van der Waals surface area contributed by atoms with Crippen molar-refractivity contribution in [1.29, 1.82) is 0 Å². The Morgan fingerprint density at radius 2 is 2.12 bits per heavy atom. The number of nitrogens with zero attached hydrogens (tertiary/aromatic N) is 1. The summed E-state index contributed by atoms with van der Waals surface area (Å²) in [6, 6.07) is 7.52. The smallest absolute Gasteiger partial charge is 0.254 e. The van der Waals surface area contributed by atoms with Gasteiger partial charge in [0.25, 0.3) is 5.91 Å². The van der Waals surface area contributed by atoms with Crippen LogP contribution in [0.5, 0.6) is 5.75 Å². The topological polar surface area (TPSA) is 41.6 Å². The highest BCUT2D eigenvalue weighted by atomic mass is 16.5. The minimum Gasteiger partial charge on any atom is -0.497 e. The zero-order valence-corrected chi connectivity index (χ0v) is 10.3. The van der Waals surface area contributed by atoms with Gasteiger partial charge in [0, 0.05) is 31.2 Å². The van der Waals surface area contributed by atoms with E-state index >= 15 is 0 Å². The summed E-state index contributed by atoms with van der Waals surface area (Å²) in [5.41, 5.74) is 0.722. The predicted octanol–water partition coefficient (Wildman–Crippen LogP) is 1.13. The van der Waals surface area contributed by atoms with E-state index < -0.39 is 0 Å². The van der Waals surface area contributed by atoms with E-state index in [9.17, 15) is 4.79 Å². The second-order valence-electron chi connectivity index (χ2n) is 4.28. The second kappa shape index (κ2) is 5.19. The maximum atomic E-state index is 12.3. The van der Waals surface area contributed by atoms with Crippen LogP contribution in [0.1, 0.15) is 17.3 Å². The predicted molar refractivity (Wildman–Crippen MR) is 66.4 cm³/mol. The molecule has 1 aromatic carbocycles. The van der Waals surface area contributed by atoms with Crippen LogP contribution in [0.3, 0.4) is 0 Å². The van der Waals surface area contributed by atoms with Gasteiger partial charge in [0.1, 0.15) is 5.75 Å². The van der Waals surface area contributed by atoms with Gasteiger partial charge in [-0.15, -0.1) is 0 Å². The monoisotopic (exact) mass is 234 g/mol. The van der Waals surface area contributed by atoms with Crippen molar-refractivity contribution in [2.75, 3.05) is 26.7 Å². The van der Waals surface area contributed by atoms with Crippen LogP contribution in [0, 0.1) is 0 Å². The van der Waals surface area contributed by atoms with E-state index in [2.05, 4.69) is 12.2 Å². The van der Waals surface area contributed by atoms with Crippen molar-refractivity contribution in [3.8, 4) is 5.75 Å². The van der Waals surface area contributed by atoms with Crippen molar-refractivity contribution in [3.63, 3.8) is 0 Å². The summed E-state index contributed by atoms with van der Waals surface area (Å²) in [4.78, 5) is 14.2. The van der Waals surface area contributed by atoms with Crippen LogP contribution in [0.2, 0.25) is 0 Å². The largest absolute Gasteiger partial charge is 0.497 e. The number of piperazine rings is 1. The van der Waals surface area contributed by atoms with Crippen LogP contribution >= 0.6 is 0 Å². The first-order valence-corrected chi connectivity index (χ1v) is 5.88. The third kappa shape index (κ3) is 2.58. The normalized spacial score (nSPS) is 20.1. The van der Waals surface area contributed by atoms with Gasteiger partial charge in [0.05, 0.1) is 7.11 Å². The van der Waals surface area contributed by atoms with Crippen molar-refractivity contribution in [1.82, 2.24) is 10.2 Å². The molecule has 0 aliphatic carbocycles. The van der Waals surface area contributed by atoms with E-state index in [1.807, 2.05) is 29.2 Å². The van der Waals surface area contributed by atoms with E-state index in [0.717, 1.165) is 30.9 Å². The number of carbonyl (C=O) groups excluding carboxylic acids is 1. The Morgan fingerprint density at radius 3 is 2.71 bits per heavy atom. The van der Waals surface area contributed by atoms with Gasteiger partial charge in [-0.25, -0.2) is 0 Å². The minimum atomic E-state index is 0.0988. The number of hydrogen-bond acceptors (Lipinski definition) is 3. The Bertz CT molecular complexity index is 389. The SMILES string of the molecule is COc1ccc(C(=O)N2CCNCC2C)cc1. The molecule has 4 heteroatoms. The Hall–Kier alpha value is -1.55. The van der Waals surface area contributed by atoms with Gasteiger partial charge in [-0.2, -0.15) is 0 Å². The van der Waals surface area contributed by atoms with Crippen LogP contribution in [0.4, 0.5) is 0 Å². The fourth-order valence-corrected chi connectivity index (χ4v) is 2.04. The van der Waals surface area contributed by atoms with Gasteiger partial charge < -0.3 is 15.0 Å². The molecular formula is C13H18N2O2. The maximum absolute atomic E-state index is 12.3. The summed E-state index contributed by atoms with van der Waals surface area (Å²) in [5.74, 6) is 0.872. The fourth-order valence-electron chi connectivity index (χ4n) is 2.04. The lowest BCUT2D eigenvalue weighted by Gasteiger charge is -2.34. The van der Waals surface area contributed by atoms with Gasteiger partial charge in [0.2, 0.25) is 0 Å². The molecule has 0 bridgehead atoms. The Labute approximate surface area is 102 Å². The molecular weight excluding hydrogens is 216 g/mol. The van der Waals surface area contributed by atoms with Crippen molar-refractivity contribution >= 4 is 5.91 Å². The van der Waals surface area contributed by atoms with Crippen molar-refractivity contribution in [3.05, 3.63) is 29.8 Å². The van der Waals surface area contributed by atoms with E-state index in [4.69, 9.17) is 4.74 Å². The average molecular weight is 234 g/mol. The molecule has 1 heterocycles. The van der Waals surface area contributed by atoms with Crippen molar-refractivity contribution < 1.29 is 9.53 Å². The van der Waals surface area contributed by atoms with E-state index in [0.29, 0.717) is 0 Å². The zero-order chi connectivity index (χ0) is 12.3. The molecule has 0 saturated carbocycles. The molecule has 2 rings (SSSR count). The first-order chi connectivity index (χ1) is 8.22. The number of amides is 1. The van der Waals surface area contributed by atoms with Gasteiger partial charge in [0.15, 0.2) is 0 Å². The van der Waals surface area contributed by atoms with Crippen LogP contribution in [-0.2, 0) is 0 Å². The first kappa shape index (κ1) is 11.9. The molecule has 1 amide bonds. The summed E-state index contributed by atoms with van der Waals surface area (Å²) in [7, 11) is 1.62. The maximum Gasteiger partial charge on any atom is 0.254 e. The molecule has 1 aromatic rings. The lowest BCUT2D eigenvalue weighted by Crippen LogP contribution is -2.52. The van der Waals surface area contributed by atoms with Crippen LogP contribution in [-0.4, -0.2) is 43.6 Å². The number of methoxy groups -OCH3 is 1. The standard InChI is InChI=1S/C13H18N2O2/c1-10-9-14-7-8-15(10)13(16)11-3-5-12(17-2)6-4-11/h3-6,10,14H,7-9H2,1-2H3. The van der Waals surface area contributed by atoms with E-state index in [1.165, 1.54) is 0 Å². The molecule has 1 atom stereocenters. The lowest BCUT2D eigenvalue weighted by molar-refractivity contribution is 0.0656. The summed E-state index contributed by atoms with van der Waals surface area (Å²) in [6.07, 6.45) is 0. The highest BCUT2D eigenvalue weighted by Crippen LogP contribution is 2.15. The highest BCUT2D eigenvalue weighted by Gasteiger charge is 2.23. The molecule has 1 aliphatic heterocycles. The minimum absolute atomic E-state index is 0.0988. The molecule has 1 unspecified atom stereocenters. The molecule has 0 aromatic heterocycles. The molecule has 17 heavy (non-hydrogen) atoms. The summed E-state index contributed by atoms with van der Waals surface area (Å²) in [6.45, 7) is 4.56. The quantitative estimate of drug-likeness (QED) is 0.834. The number of carbonyl (C=O) groups is 1. The first-order valence-electron chi connectivity index (χ1n) is 5.88. The Kier molecular flexibility index (Phi) is 3.64. The third-order valence-electron chi connectivity index (χ3n) is 3.10. The second-order valence-corrected chi connectivity index (χ2v) is 4.28. The number of nitrogens with one attached hydrogen (secondary N) is 1. The van der Waals surface area contributed by atoms with Crippen LogP contribution < -0.4 is 10.1 Å². The average Bonchev–Trinajstić information content (AvgIpc) is 2.39. The third-order valence-corrected chi connectivity index (χ3v) is 3.10. The molecule has 0 spiro atoms. The molecule has 1 fully saturated rings. The number of ether oxygens (including phenoxy) is 1. The van der Waals surface area contributed by atoms with Crippen molar-refractivity contribution in [2.24, 2.45) is 0 Å². The van der Waals surface area contributed by atoms with Crippen LogP contribution in [0.25, 0.3) is 0 Å². The number of rotatable bonds is 2. The Balaban J connectivity index is 2.12. The molecule has 92 valence electrons. The zero-order valence-electron chi connectivity index (χ0n) is 10.3. The highest BCUT2D eigenvalue weighted by molar-refractivity contribution is 5.94. The molecule has 4 nitrogen and oxygen atoms in total.